The number of thiophene rings is 1. The summed E-state index contributed by atoms with van der Waals surface area (Å²) < 4.78 is 4.90. The van der Waals surface area contributed by atoms with Crippen LogP contribution in [0.2, 0.25) is 0 Å². The molecule has 0 saturated heterocycles. The number of nitrogens with zero attached hydrogens (tertiary/aromatic N) is 1. The number of carbonyl (C=O) groups excluding carboxylic acids is 3. The van der Waals surface area contributed by atoms with E-state index in [9.17, 15) is 14.4 Å². The van der Waals surface area contributed by atoms with Crippen LogP contribution in [0.25, 0.3) is 0 Å². The molecule has 0 aliphatic carbocycles. The SMILES string of the molecule is CCOC(=O)Cc1csc(NC(=O)C(C)Sc2cccc(NC(=O)c3cccs3)c2)n1. The van der Waals surface area contributed by atoms with Gasteiger partial charge in [0.1, 0.15) is 0 Å². The Morgan fingerprint density at radius 2 is 2.00 bits per heavy atom. The van der Waals surface area contributed by atoms with Gasteiger partial charge in [0.15, 0.2) is 5.13 Å². The van der Waals surface area contributed by atoms with Crippen LogP contribution in [0.15, 0.2) is 52.1 Å². The van der Waals surface area contributed by atoms with Crippen molar-refractivity contribution in [1.29, 1.82) is 0 Å². The Hall–Kier alpha value is -2.69. The highest BCUT2D eigenvalue weighted by Gasteiger charge is 2.17. The Morgan fingerprint density at radius 1 is 1.16 bits per heavy atom. The van der Waals surface area contributed by atoms with Crippen molar-refractivity contribution in [3.63, 3.8) is 0 Å². The van der Waals surface area contributed by atoms with Gasteiger partial charge in [-0.15, -0.1) is 34.4 Å². The number of thioether (sulfide) groups is 1. The van der Waals surface area contributed by atoms with Gasteiger partial charge in [-0.25, -0.2) is 4.98 Å². The second kappa shape index (κ2) is 11.1. The Morgan fingerprint density at radius 3 is 2.74 bits per heavy atom. The fourth-order valence-corrected chi connectivity index (χ4v) is 4.78. The summed E-state index contributed by atoms with van der Waals surface area (Å²) in [6.45, 7) is 3.86. The molecule has 0 saturated carbocycles. The number of aromatic nitrogens is 1. The maximum atomic E-state index is 12.5. The second-order valence-electron chi connectivity index (χ2n) is 6.33. The quantitative estimate of drug-likeness (QED) is 0.344. The number of anilines is 2. The Labute approximate surface area is 192 Å². The highest BCUT2D eigenvalue weighted by Crippen LogP contribution is 2.27. The molecule has 2 amide bonds. The molecule has 2 N–H and O–H groups in total. The number of esters is 1. The zero-order valence-electron chi connectivity index (χ0n) is 16.9. The van der Waals surface area contributed by atoms with E-state index < -0.39 is 0 Å². The van der Waals surface area contributed by atoms with Gasteiger partial charge < -0.3 is 15.4 Å². The fourth-order valence-electron chi connectivity index (χ4n) is 2.52. The van der Waals surface area contributed by atoms with Crippen molar-refractivity contribution in [3.05, 3.63) is 57.7 Å². The van der Waals surface area contributed by atoms with Gasteiger partial charge in [0.25, 0.3) is 5.91 Å². The first-order chi connectivity index (χ1) is 14.9. The number of benzene rings is 1. The molecule has 162 valence electrons. The summed E-state index contributed by atoms with van der Waals surface area (Å²) in [7, 11) is 0. The predicted molar refractivity (Wildman–Crippen MR) is 125 cm³/mol. The average molecular weight is 476 g/mol. The summed E-state index contributed by atoms with van der Waals surface area (Å²) in [6.07, 6.45) is 0.0779. The molecular weight excluding hydrogens is 454 g/mol. The summed E-state index contributed by atoms with van der Waals surface area (Å²) in [5, 5.41) is 9.27. The molecule has 31 heavy (non-hydrogen) atoms. The summed E-state index contributed by atoms with van der Waals surface area (Å²) in [4.78, 5) is 42.1. The van der Waals surface area contributed by atoms with E-state index >= 15 is 0 Å². The third kappa shape index (κ3) is 6.91. The van der Waals surface area contributed by atoms with E-state index in [1.807, 2.05) is 29.6 Å². The molecule has 10 heteroatoms. The van der Waals surface area contributed by atoms with Crippen LogP contribution < -0.4 is 10.6 Å². The lowest BCUT2D eigenvalue weighted by Crippen LogP contribution is -2.22. The van der Waals surface area contributed by atoms with Gasteiger partial charge in [0.05, 0.1) is 28.8 Å². The second-order valence-corrected chi connectivity index (χ2v) is 9.55. The van der Waals surface area contributed by atoms with Crippen LogP contribution in [0.5, 0.6) is 0 Å². The first kappa shape index (κ1) is 23.0. The average Bonchev–Trinajstić information content (AvgIpc) is 3.41. The fraction of sp³-hybridized carbons (Fsp3) is 0.238. The van der Waals surface area contributed by atoms with Crippen LogP contribution >= 0.6 is 34.4 Å². The maximum absolute atomic E-state index is 12.5. The Balaban J connectivity index is 1.54. The van der Waals surface area contributed by atoms with Crippen LogP contribution in [-0.2, 0) is 20.7 Å². The third-order valence-electron chi connectivity index (χ3n) is 3.93. The maximum Gasteiger partial charge on any atom is 0.311 e. The number of nitrogens with one attached hydrogen (secondary N) is 2. The molecule has 0 spiro atoms. The van der Waals surface area contributed by atoms with Gasteiger partial charge >= 0.3 is 5.97 Å². The molecule has 2 heterocycles. The zero-order chi connectivity index (χ0) is 22.2. The van der Waals surface area contributed by atoms with Crippen molar-refractivity contribution in [2.75, 3.05) is 17.2 Å². The number of carbonyl (C=O) groups is 3. The van der Waals surface area contributed by atoms with Crippen LogP contribution in [-0.4, -0.2) is 34.6 Å². The van der Waals surface area contributed by atoms with Gasteiger partial charge in [-0.1, -0.05) is 12.1 Å². The number of hydrogen-bond donors (Lipinski definition) is 2. The van der Waals surface area contributed by atoms with Crippen molar-refractivity contribution in [2.45, 2.75) is 30.4 Å². The molecule has 3 rings (SSSR count). The van der Waals surface area contributed by atoms with Crippen LogP contribution in [0, 0.1) is 0 Å². The smallest absolute Gasteiger partial charge is 0.311 e. The van der Waals surface area contributed by atoms with Crippen LogP contribution in [0.3, 0.4) is 0 Å². The van der Waals surface area contributed by atoms with Gasteiger partial charge in [-0.3, -0.25) is 14.4 Å². The first-order valence-electron chi connectivity index (χ1n) is 9.47. The molecule has 2 aromatic heterocycles. The van der Waals surface area contributed by atoms with Crippen LogP contribution in [0.4, 0.5) is 10.8 Å². The van der Waals surface area contributed by atoms with E-state index in [2.05, 4.69) is 15.6 Å². The Bertz CT molecular complexity index is 1050. The van der Waals surface area contributed by atoms with Crippen molar-refractivity contribution in [3.8, 4) is 0 Å². The highest BCUT2D eigenvalue weighted by molar-refractivity contribution is 8.00. The topological polar surface area (TPSA) is 97.4 Å². The van der Waals surface area contributed by atoms with Gasteiger partial charge in [-0.05, 0) is 43.5 Å². The Kier molecular flexibility index (Phi) is 8.21. The molecule has 0 radical (unpaired) electrons. The lowest BCUT2D eigenvalue weighted by Gasteiger charge is -2.12. The monoisotopic (exact) mass is 475 g/mol. The van der Waals surface area contributed by atoms with Gasteiger partial charge in [0, 0.05) is 16.0 Å². The number of amides is 2. The number of thiazole rings is 1. The minimum Gasteiger partial charge on any atom is -0.466 e. The summed E-state index contributed by atoms with van der Waals surface area (Å²) >= 11 is 4.01. The van der Waals surface area contributed by atoms with Crippen molar-refractivity contribution in [2.24, 2.45) is 0 Å². The van der Waals surface area contributed by atoms with E-state index in [-0.39, 0.29) is 29.5 Å². The van der Waals surface area contributed by atoms with Crippen molar-refractivity contribution >= 4 is 63.0 Å². The first-order valence-corrected chi connectivity index (χ1v) is 12.1. The van der Waals surface area contributed by atoms with E-state index in [1.165, 1.54) is 34.4 Å². The third-order valence-corrected chi connectivity index (χ3v) is 6.70. The van der Waals surface area contributed by atoms with E-state index in [0.717, 1.165) is 4.90 Å². The molecule has 3 aromatic rings. The number of rotatable bonds is 9. The van der Waals surface area contributed by atoms with E-state index in [4.69, 9.17) is 4.74 Å². The molecule has 1 unspecified atom stereocenters. The predicted octanol–water partition coefficient (Wildman–Crippen LogP) is 4.68. The van der Waals surface area contributed by atoms with Gasteiger partial charge in [0.2, 0.25) is 5.91 Å². The molecule has 1 aromatic carbocycles. The number of hydrogen-bond acceptors (Lipinski definition) is 8. The molecule has 0 fully saturated rings. The number of ether oxygens (including phenoxy) is 1. The normalized spacial score (nSPS) is 11.5. The largest absolute Gasteiger partial charge is 0.466 e. The summed E-state index contributed by atoms with van der Waals surface area (Å²) in [6, 6.07) is 11.0. The molecule has 7 nitrogen and oxygen atoms in total. The minimum absolute atomic E-state index is 0.0779. The summed E-state index contributed by atoms with van der Waals surface area (Å²) in [5.41, 5.74) is 1.23. The van der Waals surface area contributed by atoms with Gasteiger partial charge in [-0.2, -0.15) is 0 Å². The minimum atomic E-state index is -0.388. The molecule has 1 atom stereocenters. The zero-order valence-corrected chi connectivity index (χ0v) is 19.4. The molecular formula is C21H21N3O4S3. The lowest BCUT2D eigenvalue weighted by molar-refractivity contribution is -0.142. The summed E-state index contributed by atoms with van der Waals surface area (Å²) in [5.74, 6) is -0.707. The van der Waals surface area contributed by atoms with Crippen molar-refractivity contribution in [1.82, 2.24) is 4.98 Å². The van der Waals surface area contributed by atoms with Crippen molar-refractivity contribution < 1.29 is 19.1 Å². The lowest BCUT2D eigenvalue weighted by atomic mass is 10.3. The molecule has 0 aliphatic rings. The van der Waals surface area contributed by atoms with Crippen LogP contribution in [0.1, 0.15) is 29.2 Å². The molecule has 0 bridgehead atoms. The standard InChI is InChI=1S/C21H21N3O4S3/c1-3-28-18(25)11-15-12-30-21(23-15)24-19(26)13(2)31-16-7-4-6-14(10-16)22-20(27)17-8-5-9-29-17/h4-10,12-13H,3,11H2,1-2H3,(H,22,27)(H,23,24,26). The van der Waals surface area contributed by atoms with E-state index in [0.29, 0.717) is 28.0 Å². The molecule has 0 aliphatic heterocycles. The highest BCUT2D eigenvalue weighted by atomic mass is 32.2. The van der Waals surface area contributed by atoms with E-state index in [1.54, 1.807) is 31.4 Å².